The molecule has 0 heterocycles. The van der Waals surface area contributed by atoms with Crippen LogP contribution in [0.1, 0.15) is 10.4 Å². The number of hydrogen-bond donors (Lipinski definition) is 0. The second-order valence-electron chi connectivity index (χ2n) is 4.13. The third-order valence-electron chi connectivity index (χ3n) is 2.62. The molecule has 0 bridgehead atoms. The van der Waals surface area contributed by atoms with Gasteiger partial charge in [-0.1, -0.05) is 17.7 Å². The van der Waals surface area contributed by atoms with Crippen LogP contribution in [0.15, 0.2) is 47.4 Å². The molecule has 0 N–H and O–H groups in total. The molecule has 2 rings (SSSR count). The number of ether oxygens (including phenoxy) is 1. The van der Waals surface area contributed by atoms with Gasteiger partial charge in [-0.2, -0.15) is 8.42 Å². The number of hydrogen-bond acceptors (Lipinski definition) is 5. The van der Waals surface area contributed by atoms with Crippen molar-refractivity contribution in [1.29, 1.82) is 0 Å². The summed E-state index contributed by atoms with van der Waals surface area (Å²) >= 11 is 7.95. The van der Waals surface area contributed by atoms with Gasteiger partial charge in [-0.15, -0.1) is 0 Å². The SMILES string of the molecule is COC(=O)c1ccc(Cl)c(S(=O)(=O)Oc2cccc(I)c2)c1. The Labute approximate surface area is 146 Å². The minimum Gasteiger partial charge on any atom is -0.465 e. The second kappa shape index (κ2) is 6.84. The highest BCUT2D eigenvalue weighted by atomic mass is 127. The molecule has 0 spiro atoms. The Morgan fingerprint density at radius 1 is 1.18 bits per heavy atom. The van der Waals surface area contributed by atoms with Gasteiger partial charge < -0.3 is 8.92 Å². The van der Waals surface area contributed by atoms with E-state index in [2.05, 4.69) is 4.74 Å². The predicted molar refractivity (Wildman–Crippen MR) is 89.8 cm³/mol. The van der Waals surface area contributed by atoms with Crippen LogP contribution in [-0.2, 0) is 14.9 Å². The molecule has 0 saturated carbocycles. The molecule has 2 aromatic carbocycles. The van der Waals surface area contributed by atoms with Gasteiger partial charge in [-0.25, -0.2) is 4.79 Å². The number of carbonyl (C=O) groups excluding carboxylic acids is 1. The summed E-state index contributed by atoms with van der Waals surface area (Å²) in [5.74, 6) is -0.506. The predicted octanol–water partition coefficient (Wildman–Crippen LogP) is 3.50. The monoisotopic (exact) mass is 452 g/mol. The fourth-order valence-electron chi connectivity index (χ4n) is 1.63. The lowest BCUT2D eigenvalue weighted by atomic mass is 10.2. The molecule has 2 aromatic rings. The van der Waals surface area contributed by atoms with Gasteiger partial charge in [-0.05, 0) is 59.0 Å². The van der Waals surface area contributed by atoms with E-state index >= 15 is 0 Å². The summed E-state index contributed by atoms with van der Waals surface area (Å²) in [7, 11) is -2.97. The van der Waals surface area contributed by atoms with Crippen LogP contribution >= 0.6 is 34.2 Å². The second-order valence-corrected chi connectivity index (χ2v) is 7.30. The first kappa shape index (κ1) is 17.0. The van der Waals surface area contributed by atoms with E-state index in [1.54, 1.807) is 18.2 Å². The molecule has 0 aliphatic carbocycles. The average molecular weight is 453 g/mol. The van der Waals surface area contributed by atoms with Crippen molar-refractivity contribution in [3.05, 3.63) is 56.6 Å². The summed E-state index contributed by atoms with van der Waals surface area (Å²) in [6, 6.07) is 10.3. The summed E-state index contributed by atoms with van der Waals surface area (Å²) in [5, 5.41) is -0.0433. The standard InChI is InChI=1S/C14H10ClIO5S/c1-20-14(17)9-5-6-12(15)13(7-9)22(18,19)21-11-4-2-3-10(16)8-11/h2-8H,1H3. The maximum atomic E-state index is 12.3. The van der Waals surface area contributed by atoms with E-state index < -0.39 is 16.1 Å². The molecule has 0 amide bonds. The van der Waals surface area contributed by atoms with E-state index in [9.17, 15) is 13.2 Å². The quantitative estimate of drug-likeness (QED) is 0.403. The van der Waals surface area contributed by atoms with Crippen LogP contribution in [0, 0.1) is 3.57 Å². The number of benzene rings is 2. The van der Waals surface area contributed by atoms with Gasteiger partial charge in [0.1, 0.15) is 10.6 Å². The van der Waals surface area contributed by atoms with E-state index in [-0.39, 0.29) is 21.2 Å². The zero-order valence-electron chi connectivity index (χ0n) is 11.2. The van der Waals surface area contributed by atoms with Crippen LogP contribution in [-0.4, -0.2) is 21.5 Å². The highest BCUT2D eigenvalue weighted by Gasteiger charge is 2.22. The normalized spacial score (nSPS) is 11.0. The Bertz CT molecular complexity index is 820. The summed E-state index contributed by atoms with van der Waals surface area (Å²) in [5.41, 5.74) is 0.0664. The molecule has 0 radical (unpaired) electrons. The molecular weight excluding hydrogens is 443 g/mol. The molecule has 0 saturated heterocycles. The summed E-state index contributed by atoms with van der Waals surface area (Å²) in [6.45, 7) is 0. The van der Waals surface area contributed by atoms with Crippen LogP contribution in [0.25, 0.3) is 0 Å². The molecule has 8 heteroatoms. The van der Waals surface area contributed by atoms with Crippen LogP contribution in [0.3, 0.4) is 0 Å². The van der Waals surface area contributed by atoms with E-state index in [1.165, 1.54) is 25.3 Å². The molecule has 22 heavy (non-hydrogen) atoms. The van der Waals surface area contributed by atoms with Crippen molar-refractivity contribution in [1.82, 2.24) is 0 Å². The first-order valence-electron chi connectivity index (χ1n) is 5.91. The third kappa shape index (κ3) is 3.90. The Morgan fingerprint density at radius 2 is 1.91 bits per heavy atom. The third-order valence-corrected chi connectivity index (χ3v) is 5.02. The number of rotatable bonds is 4. The van der Waals surface area contributed by atoms with Gasteiger partial charge >= 0.3 is 16.1 Å². The molecule has 0 atom stereocenters. The highest BCUT2D eigenvalue weighted by Crippen LogP contribution is 2.27. The summed E-state index contributed by atoms with van der Waals surface area (Å²) < 4.78 is 35.1. The lowest BCUT2D eigenvalue weighted by molar-refractivity contribution is 0.0600. The van der Waals surface area contributed by atoms with Crippen molar-refractivity contribution < 1.29 is 22.1 Å². The van der Waals surface area contributed by atoms with E-state index in [0.717, 1.165) is 9.64 Å². The van der Waals surface area contributed by atoms with Crippen molar-refractivity contribution in [3.8, 4) is 5.75 Å². The van der Waals surface area contributed by atoms with Gasteiger partial charge in [0.15, 0.2) is 0 Å². The van der Waals surface area contributed by atoms with Crippen LogP contribution < -0.4 is 4.18 Å². The minimum atomic E-state index is -4.17. The first-order valence-corrected chi connectivity index (χ1v) is 8.78. The van der Waals surface area contributed by atoms with Crippen molar-refractivity contribution >= 4 is 50.3 Å². The molecule has 5 nitrogen and oxygen atoms in total. The van der Waals surface area contributed by atoms with Crippen molar-refractivity contribution in [2.45, 2.75) is 4.90 Å². The smallest absolute Gasteiger partial charge is 0.340 e. The maximum Gasteiger partial charge on any atom is 0.340 e. The van der Waals surface area contributed by atoms with E-state index in [1.807, 2.05) is 22.6 Å². The molecule has 0 aliphatic heterocycles. The molecule has 0 aromatic heterocycles. The number of halogens is 2. The molecular formula is C14H10ClIO5S. The fraction of sp³-hybridized carbons (Fsp3) is 0.0714. The largest absolute Gasteiger partial charge is 0.465 e. The van der Waals surface area contributed by atoms with Crippen molar-refractivity contribution in [3.63, 3.8) is 0 Å². The number of methoxy groups -OCH3 is 1. The first-order chi connectivity index (χ1) is 10.3. The van der Waals surface area contributed by atoms with Crippen LogP contribution in [0.4, 0.5) is 0 Å². The minimum absolute atomic E-state index is 0.0433. The lowest BCUT2D eigenvalue weighted by Crippen LogP contribution is -2.12. The van der Waals surface area contributed by atoms with Gasteiger partial charge in [0.25, 0.3) is 0 Å². The molecule has 0 fully saturated rings. The maximum absolute atomic E-state index is 12.3. The summed E-state index contributed by atoms with van der Waals surface area (Å²) in [6.07, 6.45) is 0. The lowest BCUT2D eigenvalue weighted by Gasteiger charge is -2.10. The topological polar surface area (TPSA) is 69.7 Å². The fourth-order valence-corrected chi connectivity index (χ4v) is 3.57. The zero-order valence-corrected chi connectivity index (χ0v) is 15.0. The molecule has 0 aliphatic rings. The zero-order chi connectivity index (χ0) is 16.3. The Kier molecular flexibility index (Phi) is 5.30. The Balaban J connectivity index is 2.42. The molecule has 0 unspecified atom stereocenters. The number of esters is 1. The van der Waals surface area contributed by atoms with Crippen molar-refractivity contribution in [2.24, 2.45) is 0 Å². The van der Waals surface area contributed by atoms with Crippen LogP contribution in [0.5, 0.6) is 5.75 Å². The van der Waals surface area contributed by atoms with Gasteiger partial charge in [0.2, 0.25) is 0 Å². The van der Waals surface area contributed by atoms with E-state index in [0.29, 0.717) is 0 Å². The van der Waals surface area contributed by atoms with Crippen LogP contribution in [0.2, 0.25) is 5.02 Å². The summed E-state index contributed by atoms with van der Waals surface area (Å²) in [4.78, 5) is 11.2. The molecule has 116 valence electrons. The Morgan fingerprint density at radius 3 is 2.55 bits per heavy atom. The number of carbonyl (C=O) groups is 1. The van der Waals surface area contributed by atoms with Gasteiger partial charge in [0, 0.05) is 3.57 Å². The van der Waals surface area contributed by atoms with Crippen molar-refractivity contribution in [2.75, 3.05) is 7.11 Å². The van der Waals surface area contributed by atoms with Gasteiger partial charge in [-0.3, -0.25) is 0 Å². The highest BCUT2D eigenvalue weighted by molar-refractivity contribution is 14.1. The average Bonchev–Trinajstić information content (AvgIpc) is 2.46. The van der Waals surface area contributed by atoms with E-state index in [4.69, 9.17) is 15.8 Å². The Hall–Kier alpha value is -1.32. The van der Waals surface area contributed by atoms with Gasteiger partial charge in [0.05, 0.1) is 17.7 Å².